The topological polar surface area (TPSA) is 166 Å². The minimum absolute atomic E-state index is 0.0185. The molecule has 6 atom stereocenters. The van der Waals surface area contributed by atoms with Gasteiger partial charge in [0.05, 0.1) is 19.2 Å². The van der Waals surface area contributed by atoms with Crippen molar-refractivity contribution in [1.82, 2.24) is 16.0 Å². The summed E-state index contributed by atoms with van der Waals surface area (Å²) >= 11 is 0. The van der Waals surface area contributed by atoms with Crippen LogP contribution >= 0.6 is 0 Å². The number of piperidine rings is 1. The molecule has 0 bridgehead atoms. The van der Waals surface area contributed by atoms with Crippen LogP contribution in [0.2, 0.25) is 0 Å². The number of fused-ring (bicyclic) bond motifs is 2. The number of rotatable bonds is 21. The first-order valence-electron chi connectivity index (χ1n) is 22.9. The van der Waals surface area contributed by atoms with Gasteiger partial charge in [0.15, 0.2) is 24.1 Å². The lowest BCUT2D eigenvalue weighted by Crippen LogP contribution is -2.55. The molecule has 330 valence electrons. The Morgan fingerprint density at radius 3 is 2.50 bits per heavy atom. The first-order valence-corrected chi connectivity index (χ1v) is 22.9. The van der Waals surface area contributed by atoms with Crippen molar-refractivity contribution in [1.29, 1.82) is 0 Å². The van der Waals surface area contributed by atoms with Gasteiger partial charge in [-0.15, -0.1) is 0 Å². The van der Waals surface area contributed by atoms with Crippen molar-refractivity contribution in [3.63, 3.8) is 0 Å². The third-order valence-corrected chi connectivity index (χ3v) is 13.5. The molecule has 10 heteroatoms. The summed E-state index contributed by atoms with van der Waals surface area (Å²) in [5.41, 5.74) is 13.6. The minimum atomic E-state index is -0.667. The number of phenolic OH excluding ortho intramolecular Hbond substituents is 1. The van der Waals surface area contributed by atoms with Crippen LogP contribution in [0.15, 0.2) is 108 Å². The van der Waals surface area contributed by atoms with Gasteiger partial charge in [-0.05, 0) is 163 Å². The average molecular weight is 843 g/mol. The van der Waals surface area contributed by atoms with E-state index in [1.165, 1.54) is 41.7 Å². The van der Waals surface area contributed by atoms with Crippen LogP contribution in [0.5, 0.6) is 11.5 Å². The molecule has 3 heterocycles. The lowest BCUT2D eigenvalue weighted by molar-refractivity contribution is -0.124. The molecule has 62 heavy (non-hydrogen) atoms. The molecule has 0 radical (unpaired) electrons. The fraction of sp³-hybridized carbons (Fsp3) is 0.462. The first kappa shape index (κ1) is 45.2. The number of phenols is 1. The van der Waals surface area contributed by atoms with Gasteiger partial charge in [-0.25, -0.2) is 0 Å². The number of carbonyl (C=O) groups excluding carboxylic acids is 2. The molecule has 2 fully saturated rings. The van der Waals surface area contributed by atoms with Crippen molar-refractivity contribution in [3.8, 4) is 11.5 Å². The van der Waals surface area contributed by atoms with Crippen molar-refractivity contribution in [2.24, 2.45) is 29.4 Å². The molecular weight excluding hydrogens is 777 g/mol. The van der Waals surface area contributed by atoms with Crippen LogP contribution in [-0.2, 0) is 35.3 Å². The van der Waals surface area contributed by atoms with E-state index < -0.39 is 13.4 Å². The second kappa shape index (κ2) is 22.5. The number of aryl methyl sites for hydroxylation is 3. The van der Waals surface area contributed by atoms with Crippen molar-refractivity contribution in [3.05, 3.63) is 136 Å². The lowest BCUT2D eigenvalue weighted by Gasteiger charge is -2.50. The Hall–Kier alpha value is -4.84. The summed E-state index contributed by atoms with van der Waals surface area (Å²) in [5.74, 6) is 2.09. The highest BCUT2D eigenvalue weighted by molar-refractivity contribution is 6.07. The Morgan fingerprint density at radius 1 is 0.903 bits per heavy atom. The number of nitrogens with one attached hydrogen (secondary N) is 3. The number of hydrogen-bond acceptors (Lipinski definition) is 10. The maximum atomic E-state index is 13.4. The molecule has 10 nitrogen and oxygen atoms in total. The third-order valence-electron chi connectivity index (χ3n) is 13.5. The Kier molecular flexibility index (Phi) is 16.4. The van der Waals surface area contributed by atoms with Gasteiger partial charge in [0, 0.05) is 25.2 Å². The van der Waals surface area contributed by atoms with E-state index in [-0.39, 0.29) is 35.7 Å². The summed E-state index contributed by atoms with van der Waals surface area (Å²) in [6.07, 6.45) is 19.9. The smallest absolute Gasteiger partial charge is 0.186 e. The number of benzene rings is 3. The average Bonchev–Trinajstić information content (AvgIpc) is 3.28. The van der Waals surface area contributed by atoms with Gasteiger partial charge in [-0.3, -0.25) is 9.59 Å². The van der Waals surface area contributed by atoms with E-state index >= 15 is 0 Å². The number of aliphatic hydroxyl groups is 2. The van der Waals surface area contributed by atoms with Gasteiger partial charge < -0.3 is 41.7 Å². The Labute approximate surface area is 367 Å². The van der Waals surface area contributed by atoms with Crippen LogP contribution in [0.3, 0.4) is 0 Å². The van der Waals surface area contributed by atoms with E-state index in [0.717, 1.165) is 94.0 Å². The Morgan fingerprint density at radius 2 is 1.69 bits per heavy atom. The molecule has 6 unspecified atom stereocenters. The highest BCUT2D eigenvalue weighted by Gasteiger charge is 2.44. The summed E-state index contributed by atoms with van der Waals surface area (Å²) in [5, 5.41) is 41.7. The second-order valence-corrected chi connectivity index (χ2v) is 17.7. The molecule has 3 aliphatic heterocycles. The largest absolute Gasteiger partial charge is 0.504 e. The number of nitrogens with two attached hydrogens (primary N) is 1. The van der Waals surface area contributed by atoms with Crippen LogP contribution in [-0.4, -0.2) is 72.1 Å². The van der Waals surface area contributed by atoms with Crippen molar-refractivity contribution >= 4 is 17.1 Å². The number of unbranched alkanes of at least 4 members (excludes halogenated alkanes) is 2. The number of Topliss-reactive ketones (excluding diaryl/α,β-unsaturated/α-hetero) is 1. The molecule has 0 aromatic heterocycles. The zero-order chi connectivity index (χ0) is 43.3. The van der Waals surface area contributed by atoms with Crippen molar-refractivity contribution < 1.29 is 29.6 Å². The molecule has 1 saturated carbocycles. The van der Waals surface area contributed by atoms with Gasteiger partial charge in [-0.2, -0.15) is 0 Å². The van der Waals surface area contributed by atoms with E-state index in [1.807, 2.05) is 18.3 Å². The fourth-order valence-electron chi connectivity index (χ4n) is 10.5. The second-order valence-electron chi connectivity index (χ2n) is 17.7. The van der Waals surface area contributed by atoms with E-state index in [0.29, 0.717) is 47.4 Å². The highest BCUT2D eigenvalue weighted by atomic mass is 16.6. The first-order chi connectivity index (χ1) is 30.3. The predicted molar refractivity (Wildman–Crippen MR) is 245 cm³/mol. The molecule has 3 aromatic carbocycles. The highest BCUT2D eigenvalue weighted by Crippen LogP contribution is 2.45. The van der Waals surface area contributed by atoms with Gasteiger partial charge in [-0.1, -0.05) is 79.6 Å². The number of aromatic hydroxyl groups is 1. The standard InChI is InChI=1S/C52H66N4O6/c53-51-28-38(19-18-37-12-7-11-36(23-37)17-16-35-9-3-1-4-10-35)41(32-56-51)25-40-27-49(61)50(62-34-58)30-48(40)43(33-57)26-45(60)29-44(59)14-5-2-6-15-47-46-20-22-54-31-42(46)24-39-13-8-21-55-52(39)47/h1,3-4,7-13,23,26-28,30,32,39,42,46-47,51-52,54-58,61H,2,5-6,14-22,24-25,29,31,33-34,53H2. The van der Waals surface area contributed by atoms with Crippen molar-refractivity contribution in [2.75, 3.05) is 33.0 Å². The minimum Gasteiger partial charge on any atom is -0.504 e. The zero-order valence-corrected chi connectivity index (χ0v) is 36.1. The molecule has 4 aliphatic rings. The van der Waals surface area contributed by atoms with Gasteiger partial charge in [0.1, 0.15) is 5.78 Å². The quantitative estimate of drug-likeness (QED) is 0.0204. The summed E-state index contributed by atoms with van der Waals surface area (Å²) in [4.78, 5) is 26.5. The maximum Gasteiger partial charge on any atom is 0.186 e. The third kappa shape index (κ3) is 12.2. The van der Waals surface area contributed by atoms with Crippen molar-refractivity contribution in [2.45, 2.75) is 95.7 Å². The summed E-state index contributed by atoms with van der Waals surface area (Å²) in [6, 6.07) is 22.8. The number of aliphatic hydroxyl groups excluding tert-OH is 2. The molecular formula is C52H66N4O6. The van der Waals surface area contributed by atoms with E-state index in [1.54, 1.807) is 6.07 Å². The zero-order valence-electron chi connectivity index (χ0n) is 36.1. The van der Waals surface area contributed by atoms with Crippen LogP contribution < -0.4 is 26.4 Å². The fourth-order valence-corrected chi connectivity index (χ4v) is 10.5. The van der Waals surface area contributed by atoms with Crippen LogP contribution in [0, 0.1) is 23.7 Å². The van der Waals surface area contributed by atoms with Gasteiger partial charge in [0.2, 0.25) is 0 Å². The van der Waals surface area contributed by atoms with E-state index in [9.17, 15) is 24.9 Å². The summed E-state index contributed by atoms with van der Waals surface area (Å²) in [7, 11) is 0. The van der Waals surface area contributed by atoms with E-state index in [4.69, 9.17) is 10.5 Å². The number of carbonyl (C=O) groups is 2. The lowest BCUT2D eigenvalue weighted by atomic mass is 9.61. The molecule has 1 aliphatic carbocycles. The monoisotopic (exact) mass is 842 g/mol. The number of ether oxygens (including phenoxy) is 1. The Balaban J connectivity index is 0.960. The van der Waals surface area contributed by atoms with Crippen LogP contribution in [0.1, 0.15) is 85.6 Å². The molecule has 7 rings (SSSR count). The maximum absolute atomic E-state index is 13.4. The van der Waals surface area contributed by atoms with Crippen LogP contribution in [0.4, 0.5) is 0 Å². The molecule has 0 spiro atoms. The normalized spacial score (nSPS) is 23.4. The number of dihydropyridines is 1. The summed E-state index contributed by atoms with van der Waals surface area (Å²) < 4.78 is 5.31. The Bertz CT molecular complexity index is 2110. The van der Waals surface area contributed by atoms with Gasteiger partial charge >= 0.3 is 0 Å². The molecule has 8 N–H and O–H groups in total. The van der Waals surface area contributed by atoms with Gasteiger partial charge in [0.25, 0.3) is 0 Å². The SMILES string of the molecule is NC1C=C(CCc2cccc(CCc3ccccc3)c2)C(Cc2cc(O)c(OCO)cc2C(=CC(=O)CC(=O)CCCCCC2C3CCNCC3CC3C=CCNC32)CO)=CN1. The number of hydrogen-bond donors (Lipinski definition) is 7. The van der Waals surface area contributed by atoms with Crippen LogP contribution in [0.25, 0.3) is 5.57 Å². The molecule has 3 aromatic rings. The number of ketones is 2. The predicted octanol–water partition coefficient (Wildman–Crippen LogP) is 6.62. The summed E-state index contributed by atoms with van der Waals surface area (Å²) in [6.45, 7) is 2.02. The molecule has 1 saturated heterocycles. The molecule has 0 amide bonds. The number of allylic oxidation sites excluding steroid dienone is 3. The van der Waals surface area contributed by atoms with E-state index in [2.05, 4.69) is 76.6 Å².